The second-order valence-electron chi connectivity index (χ2n) is 0. The summed E-state index contributed by atoms with van der Waals surface area (Å²) in [5.74, 6) is 0. The Morgan fingerprint density at radius 1 is 1.25 bits per heavy atom. The van der Waals surface area contributed by atoms with E-state index in [1.807, 2.05) is 0 Å². The molecule has 0 fully saturated rings. The molecule has 0 aliphatic carbocycles. The summed E-state index contributed by atoms with van der Waals surface area (Å²) in [6.45, 7) is 0. The van der Waals surface area contributed by atoms with Crippen molar-refractivity contribution in [1.29, 1.82) is 0 Å². The molecule has 4 heavy (non-hydrogen) atoms. The van der Waals surface area contributed by atoms with Gasteiger partial charge in [-0.2, -0.15) is 0 Å². The predicted octanol–water partition coefficient (Wildman–Crippen LogP) is -0.821. The smallest absolute Gasteiger partial charge is 1.00 e. The summed E-state index contributed by atoms with van der Waals surface area (Å²) >= 11 is 0. The van der Waals surface area contributed by atoms with Gasteiger partial charge in [0.2, 0.25) is 0 Å². The van der Waals surface area contributed by atoms with E-state index in [2.05, 4.69) is 0 Å². The zero-order valence-electron chi connectivity index (χ0n) is 4.36. The van der Waals surface area contributed by atoms with Crippen molar-refractivity contribution in [2.24, 2.45) is 0 Å². The van der Waals surface area contributed by atoms with Crippen molar-refractivity contribution < 1.29 is 30.7 Å². The van der Waals surface area contributed by atoms with Crippen molar-refractivity contribution in [3.05, 3.63) is 0 Å². The summed E-state index contributed by atoms with van der Waals surface area (Å²) < 4.78 is 0. The Bertz CT molecular complexity index is 13.5. The third kappa shape index (κ3) is 8.87. The molecule has 0 atom stereocenters. The van der Waals surface area contributed by atoms with Crippen molar-refractivity contribution in [3.63, 3.8) is 0 Å². The largest absolute Gasteiger partial charge is 2.00 e. The summed E-state index contributed by atoms with van der Waals surface area (Å²) in [5.41, 5.74) is 0. The summed E-state index contributed by atoms with van der Waals surface area (Å²) in [6.07, 6.45) is 0. The molecule has 0 aliphatic heterocycles. The van der Waals surface area contributed by atoms with Gasteiger partial charge in [-0.25, -0.2) is 0 Å². The zero-order chi connectivity index (χ0) is 0. The Balaban J connectivity index is 0. The molecule has 0 amide bonds. The van der Waals surface area contributed by atoms with Gasteiger partial charge in [-0.05, 0) is 0 Å². The number of hydrogen-bond donors (Lipinski definition) is 1. The molecule has 0 bridgehead atoms. The number of hydrogen-bond acceptors (Lipinski definition) is 1. The molecule has 0 aromatic rings. The Labute approximate surface area is 84.2 Å². The average molecular weight is 355 g/mol. The molecule has 4 heteroatoms. The van der Waals surface area contributed by atoms with Crippen molar-refractivity contribution in [3.8, 4) is 0 Å². The van der Waals surface area contributed by atoms with Crippen molar-refractivity contribution >= 4 is 48.9 Å². The van der Waals surface area contributed by atoms with Gasteiger partial charge in [0, 0.05) is 22.4 Å². The Morgan fingerprint density at radius 2 is 1.25 bits per heavy atom. The molecule has 0 saturated heterocycles. The molecule has 0 spiro atoms. The van der Waals surface area contributed by atoms with E-state index in [1.165, 1.54) is 0 Å². The van der Waals surface area contributed by atoms with Crippen LogP contribution in [0, 0.1) is 0 Å². The molecule has 1 radical (unpaired) electrons. The molecule has 0 aliphatic rings. The quantitative estimate of drug-likeness (QED) is 0.567. The van der Waals surface area contributed by atoms with Crippen LogP contribution in [-0.2, 0) is 22.4 Å². The normalized spacial score (nSPS) is 0. The van der Waals surface area contributed by atoms with Crippen molar-refractivity contribution in [1.82, 2.24) is 6.15 Å². The first kappa shape index (κ1) is 34.2. The van der Waals surface area contributed by atoms with Gasteiger partial charge in [-0.15, -0.1) is 0 Å². The first-order valence-corrected chi connectivity index (χ1v) is 0. The van der Waals surface area contributed by atoms with E-state index in [9.17, 15) is 0 Å². The standard InChI is InChI=1S/Ba.H3N.H2O.Ta.2H/h;1H3;1H2;;;/q+2;;;;2*-1. The van der Waals surface area contributed by atoms with E-state index in [1.54, 1.807) is 0 Å². The summed E-state index contributed by atoms with van der Waals surface area (Å²) in [7, 11) is 0. The van der Waals surface area contributed by atoms with Gasteiger partial charge in [0.05, 0.1) is 0 Å². The fourth-order valence-corrected chi connectivity index (χ4v) is 0. The monoisotopic (exact) mass is 356 g/mol. The minimum absolute atomic E-state index is 0. The average Bonchev–Trinajstić information content (AvgIpc) is 0. The molecule has 25 valence electrons. The van der Waals surface area contributed by atoms with Crippen molar-refractivity contribution in [2.45, 2.75) is 0 Å². The van der Waals surface area contributed by atoms with Gasteiger partial charge in [-0.1, -0.05) is 0 Å². The van der Waals surface area contributed by atoms with Crippen LogP contribution in [0.15, 0.2) is 0 Å². The fraction of sp³-hybridized carbons (Fsp3) is 0. The second kappa shape index (κ2) is 18.8. The van der Waals surface area contributed by atoms with Gasteiger partial charge in [-0.3, -0.25) is 0 Å². The van der Waals surface area contributed by atoms with Crippen LogP contribution >= 0.6 is 0 Å². The van der Waals surface area contributed by atoms with Gasteiger partial charge in [0.1, 0.15) is 0 Å². The molecule has 0 rings (SSSR count). The van der Waals surface area contributed by atoms with E-state index in [0.29, 0.717) is 0 Å². The summed E-state index contributed by atoms with van der Waals surface area (Å²) in [4.78, 5) is 0. The Hall–Kier alpha value is 2.23. The molecule has 0 heterocycles. The van der Waals surface area contributed by atoms with Crippen LogP contribution in [-0.4, -0.2) is 54.4 Å². The van der Waals surface area contributed by atoms with Gasteiger partial charge in [0.15, 0.2) is 0 Å². The van der Waals surface area contributed by atoms with Gasteiger partial charge < -0.3 is 14.5 Å². The maximum Gasteiger partial charge on any atom is 2.00 e. The van der Waals surface area contributed by atoms with E-state index in [0.717, 1.165) is 0 Å². The predicted molar refractivity (Wildman–Crippen MR) is 16.6 cm³/mol. The summed E-state index contributed by atoms with van der Waals surface area (Å²) in [6, 6.07) is 0. The third-order valence-electron chi connectivity index (χ3n) is 0. The van der Waals surface area contributed by atoms with Crippen LogP contribution in [0.4, 0.5) is 0 Å². The molecule has 0 saturated carbocycles. The first-order valence-electron chi connectivity index (χ1n) is 0. The van der Waals surface area contributed by atoms with Crippen LogP contribution in [0.2, 0.25) is 0 Å². The van der Waals surface area contributed by atoms with Crippen LogP contribution in [0.3, 0.4) is 0 Å². The minimum atomic E-state index is 0. The topological polar surface area (TPSA) is 66.5 Å². The maximum atomic E-state index is 0. The molecule has 2 nitrogen and oxygen atoms in total. The van der Waals surface area contributed by atoms with Gasteiger partial charge >= 0.3 is 48.9 Å². The molecule has 0 unspecified atom stereocenters. The van der Waals surface area contributed by atoms with Crippen LogP contribution in [0.5, 0.6) is 0 Å². The molecule has 0 aromatic heterocycles. The van der Waals surface area contributed by atoms with Crippen LogP contribution in [0.1, 0.15) is 2.85 Å². The molecule has 5 N–H and O–H groups in total. The van der Waals surface area contributed by atoms with E-state index in [-0.39, 0.29) is 85.7 Å². The summed E-state index contributed by atoms with van der Waals surface area (Å²) in [5, 5.41) is 0. The minimum Gasteiger partial charge on any atom is -1.00 e. The van der Waals surface area contributed by atoms with E-state index >= 15 is 0 Å². The van der Waals surface area contributed by atoms with Crippen LogP contribution in [0.25, 0.3) is 0 Å². The van der Waals surface area contributed by atoms with Crippen molar-refractivity contribution in [2.75, 3.05) is 0 Å². The fourth-order valence-electron chi connectivity index (χ4n) is 0. The van der Waals surface area contributed by atoms with Crippen LogP contribution < -0.4 is 6.15 Å². The van der Waals surface area contributed by atoms with E-state index < -0.39 is 0 Å². The maximum absolute atomic E-state index is 0. The number of rotatable bonds is 0. The second-order valence-corrected chi connectivity index (χ2v) is 0. The third-order valence-corrected chi connectivity index (χ3v) is 0. The van der Waals surface area contributed by atoms with Gasteiger partial charge in [0.25, 0.3) is 0 Å². The SMILES string of the molecule is N.O.[Ba+2].[H-].[H-].[Ta]. The Morgan fingerprint density at radius 3 is 1.25 bits per heavy atom. The Kier molecular flexibility index (Phi) is 161. The van der Waals surface area contributed by atoms with E-state index in [4.69, 9.17) is 0 Å². The first-order chi connectivity index (χ1) is 0. The molecular weight excluding hydrogens is 348 g/mol. The molecular formula is H7BaNOTa. The molecule has 0 aromatic carbocycles. The zero-order valence-corrected chi connectivity index (χ0v) is 10.0.